The zero-order chi connectivity index (χ0) is 13.9. The van der Waals surface area contributed by atoms with Crippen LogP contribution in [0.15, 0.2) is 18.2 Å². The molecular weight excluding hydrogens is 259 g/mol. The van der Waals surface area contributed by atoms with E-state index in [0.29, 0.717) is 13.1 Å². The number of urea groups is 1. The third-order valence-corrected chi connectivity index (χ3v) is 2.92. The number of nitrogens with zero attached hydrogens (tertiary/aromatic N) is 2. The molecule has 0 saturated carbocycles. The summed E-state index contributed by atoms with van der Waals surface area (Å²) in [6.07, 6.45) is -1.59. The van der Waals surface area contributed by atoms with Crippen LogP contribution in [-0.4, -0.2) is 29.0 Å². The molecule has 0 unspecified atom stereocenters. The summed E-state index contributed by atoms with van der Waals surface area (Å²) in [5, 5.41) is 2.40. The van der Waals surface area contributed by atoms with E-state index in [1.165, 1.54) is 12.1 Å². The van der Waals surface area contributed by atoms with E-state index < -0.39 is 17.9 Å². The summed E-state index contributed by atoms with van der Waals surface area (Å²) in [6.45, 7) is 1.26. The third kappa shape index (κ3) is 3.59. The largest absolute Gasteiger partial charge is 0.433 e. The average Bonchev–Trinajstić information content (AvgIpc) is 2.39. The van der Waals surface area contributed by atoms with E-state index in [0.717, 1.165) is 25.3 Å². The highest BCUT2D eigenvalue weighted by Crippen LogP contribution is 2.28. The van der Waals surface area contributed by atoms with Gasteiger partial charge in [0, 0.05) is 13.1 Å². The van der Waals surface area contributed by atoms with E-state index in [-0.39, 0.29) is 5.82 Å². The van der Waals surface area contributed by atoms with Gasteiger partial charge in [0.25, 0.3) is 0 Å². The van der Waals surface area contributed by atoms with Crippen molar-refractivity contribution in [1.29, 1.82) is 0 Å². The molecule has 0 aromatic carbocycles. The maximum atomic E-state index is 12.5. The summed E-state index contributed by atoms with van der Waals surface area (Å²) in [4.78, 5) is 16.8. The number of likely N-dealkylation sites (tertiary alicyclic amines) is 1. The molecule has 19 heavy (non-hydrogen) atoms. The molecule has 0 atom stereocenters. The smallest absolute Gasteiger partial charge is 0.325 e. The third-order valence-electron chi connectivity index (χ3n) is 2.92. The van der Waals surface area contributed by atoms with Crippen molar-refractivity contribution in [3.05, 3.63) is 23.9 Å². The quantitative estimate of drug-likeness (QED) is 0.854. The van der Waals surface area contributed by atoms with Gasteiger partial charge in [0.05, 0.1) is 0 Å². The van der Waals surface area contributed by atoms with Gasteiger partial charge in [-0.1, -0.05) is 6.07 Å². The van der Waals surface area contributed by atoms with Gasteiger partial charge in [-0.05, 0) is 31.4 Å². The highest BCUT2D eigenvalue weighted by molar-refractivity contribution is 5.88. The lowest BCUT2D eigenvalue weighted by molar-refractivity contribution is -0.141. The number of hydrogen-bond acceptors (Lipinski definition) is 2. The number of piperidine rings is 1. The van der Waals surface area contributed by atoms with Crippen LogP contribution in [0, 0.1) is 0 Å². The molecule has 0 radical (unpaired) electrons. The Morgan fingerprint density at radius 1 is 1.21 bits per heavy atom. The first-order chi connectivity index (χ1) is 8.97. The van der Waals surface area contributed by atoms with E-state index in [4.69, 9.17) is 0 Å². The molecule has 1 aliphatic heterocycles. The molecule has 1 aromatic heterocycles. The standard InChI is InChI=1S/C12H14F3N3O/c13-12(14,15)9-5-4-6-10(16-9)17-11(19)18-7-2-1-3-8-18/h4-6H,1-3,7-8H2,(H,16,17,19). The summed E-state index contributed by atoms with van der Waals surface area (Å²) >= 11 is 0. The Bertz CT molecular complexity index is 456. The van der Waals surface area contributed by atoms with Gasteiger partial charge in [-0.3, -0.25) is 5.32 Å². The molecule has 0 aliphatic carbocycles. The zero-order valence-electron chi connectivity index (χ0n) is 10.2. The molecule has 2 heterocycles. The van der Waals surface area contributed by atoms with Crippen molar-refractivity contribution in [1.82, 2.24) is 9.88 Å². The van der Waals surface area contributed by atoms with E-state index in [2.05, 4.69) is 10.3 Å². The number of nitrogens with one attached hydrogen (secondary N) is 1. The Kier molecular flexibility index (Phi) is 3.92. The lowest BCUT2D eigenvalue weighted by Gasteiger charge is -2.26. The number of hydrogen-bond donors (Lipinski definition) is 1. The second kappa shape index (κ2) is 5.46. The SMILES string of the molecule is O=C(Nc1cccc(C(F)(F)F)n1)N1CCCCC1. The Morgan fingerprint density at radius 2 is 1.89 bits per heavy atom. The maximum Gasteiger partial charge on any atom is 0.433 e. The number of aromatic nitrogens is 1. The Labute approximate surface area is 108 Å². The molecule has 104 valence electrons. The highest BCUT2D eigenvalue weighted by atomic mass is 19.4. The number of halogens is 3. The van der Waals surface area contributed by atoms with Crippen LogP contribution in [-0.2, 0) is 6.18 Å². The molecule has 2 rings (SSSR count). The maximum absolute atomic E-state index is 12.5. The number of pyridine rings is 1. The van der Waals surface area contributed by atoms with Crippen molar-refractivity contribution >= 4 is 11.8 Å². The number of anilines is 1. The minimum atomic E-state index is -4.51. The van der Waals surface area contributed by atoms with Crippen molar-refractivity contribution in [2.45, 2.75) is 25.4 Å². The van der Waals surface area contributed by atoms with Crippen LogP contribution in [0.5, 0.6) is 0 Å². The van der Waals surface area contributed by atoms with Crippen LogP contribution in [0.2, 0.25) is 0 Å². The Morgan fingerprint density at radius 3 is 2.53 bits per heavy atom. The topological polar surface area (TPSA) is 45.2 Å². The number of rotatable bonds is 1. The van der Waals surface area contributed by atoms with Gasteiger partial charge < -0.3 is 4.90 Å². The first-order valence-electron chi connectivity index (χ1n) is 6.07. The predicted molar refractivity (Wildman–Crippen MR) is 63.7 cm³/mol. The molecule has 4 nitrogen and oxygen atoms in total. The van der Waals surface area contributed by atoms with Crippen LogP contribution in [0.4, 0.5) is 23.8 Å². The Hall–Kier alpha value is -1.79. The van der Waals surface area contributed by atoms with Gasteiger partial charge in [-0.2, -0.15) is 13.2 Å². The average molecular weight is 273 g/mol. The van der Waals surface area contributed by atoms with Gasteiger partial charge >= 0.3 is 12.2 Å². The van der Waals surface area contributed by atoms with Crippen molar-refractivity contribution in [2.24, 2.45) is 0 Å². The lowest BCUT2D eigenvalue weighted by Crippen LogP contribution is -2.38. The van der Waals surface area contributed by atoms with E-state index in [1.807, 2.05) is 0 Å². The van der Waals surface area contributed by atoms with Crippen molar-refractivity contribution in [3.8, 4) is 0 Å². The van der Waals surface area contributed by atoms with Crippen LogP contribution >= 0.6 is 0 Å². The summed E-state index contributed by atoms with van der Waals surface area (Å²) < 4.78 is 37.4. The fourth-order valence-electron chi connectivity index (χ4n) is 1.95. The first kappa shape index (κ1) is 13.6. The van der Waals surface area contributed by atoms with E-state index >= 15 is 0 Å². The van der Waals surface area contributed by atoms with Gasteiger partial charge in [-0.25, -0.2) is 9.78 Å². The van der Waals surface area contributed by atoms with E-state index in [9.17, 15) is 18.0 Å². The lowest BCUT2D eigenvalue weighted by atomic mass is 10.1. The van der Waals surface area contributed by atoms with Crippen molar-refractivity contribution in [2.75, 3.05) is 18.4 Å². The summed E-state index contributed by atoms with van der Waals surface area (Å²) in [6, 6.07) is 3.04. The predicted octanol–water partition coefficient (Wildman–Crippen LogP) is 3.12. The molecule has 1 N–H and O–H groups in total. The monoisotopic (exact) mass is 273 g/mol. The number of amides is 2. The molecule has 2 amide bonds. The van der Waals surface area contributed by atoms with Crippen LogP contribution in [0.3, 0.4) is 0 Å². The van der Waals surface area contributed by atoms with Crippen LogP contribution < -0.4 is 5.32 Å². The fraction of sp³-hybridized carbons (Fsp3) is 0.500. The second-order valence-electron chi connectivity index (χ2n) is 4.38. The molecule has 7 heteroatoms. The van der Waals surface area contributed by atoms with Gasteiger partial charge in [-0.15, -0.1) is 0 Å². The second-order valence-corrected chi connectivity index (χ2v) is 4.38. The number of carbonyl (C=O) groups excluding carboxylic acids is 1. The van der Waals surface area contributed by atoms with Gasteiger partial charge in [0.15, 0.2) is 0 Å². The number of carbonyl (C=O) groups is 1. The molecular formula is C12H14F3N3O. The molecule has 1 fully saturated rings. The van der Waals surface area contributed by atoms with Gasteiger partial charge in [0.2, 0.25) is 0 Å². The van der Waals surface area contributed by atoms with Crippen molar-refractivity contribution < 1.29 is 18.0 Å². The minimum absolute atomic E-state index is 0.0783. The minimum Gasteiger partial charge on any atom is -0.325 e. The van der Waals surface area contributed by atoms with Crippen LogP contribution in [0.1, 0.15) is 25.0 Å². The highest BCUT2D eigenvalue weighted by Gasteiger charge is 2.32. The summed E-state index contributed by atoms with van der Waals surface area (Å²) in [5.41, 5.74) is -1.01. The zero-order valence-corrected chi connectivity index (χ0v) is 10.2. The van der Waals surface area contributed by atoms with E-state index in [1.54, 1.807) is 4.90 Å². The normalized spacial score (nSPS) is 16.3. The first-order valence-corrected chi connectivity index (χ1v) is 6.07. The molecule has 0 bridgehead atoms. The molecule has 1 aromatic rings. The van der Waals surface area contributed by atoms with Crippen LogP contribution in [0.25, 0.3) is 0 Å². The molecule has 1 aliphatic rings. The van der Waals surface area contributed by atoms with Crippen molar-refractivity contribution in [3.63, 3.8) is 0 Å². The summed E-state index contributed by atoms with van der Waals surface area (Å²) in [7, 11) is 0. The Balaban J connectivity index is 2.04. The number of alkyl halides is 3. The summed E-state index contributed by atoms with van der Waals surface area (Å²) in [5.74, 6) is -0.0783. The van der Waals surface area contributed by atoms with Gasteiger partial charge in [0.1, 0.15) is 11.5 Å². The fourth-order valence-corrected chi connectivity index (χ4v) is 1.95. The molecule has 1 saturated heterocycles. The molecule has 0 spiro atoms.